The number of rotatable bonds is 8. The lowest BCUT2D eigenvalue weighted by Gasteiger charge is -2.23. The molecule has 28 heavy (non-hydrogen) atoms. The Hall–Kier alpha value is -3.57. The number of aryl methyl sites for hydroxylation is 2. The van der Waals surface area contributed by atoms with Crippen molar-refractivity contribution in [1.29, 1.82) is 10.5 Å². The smallest absolute Gasteiger partial charge is 0.248 e. The Morgan fingerprint density at radius 2 is 1.79 bits per heavy atom. The Kier molecular flexibility index (Phi) is 7.81. The van der Waals surface area contributed by atoms with E-state index < -0.39 is 0 Å². The molecule has 0 fully saturated rings. The molecule has 0 bridgehead atoms. The van der Waals surface area contributed by atoms with E-state index in [9.17, 15) is 4.79 Å². The number of carbonyl (C=O) groups is 1. The lowest BCUT2D eigenvalue weighted by Crippen LogP contribution is -2.25. The number of anilines is 2. The van der Waals surface area contributed by atoms with Crippen molar-refractivity contribution in [3.63, 3.8) is 0 Å². The Balaban J connectivity index is 2.08. The third-order valence-electron chi connectivity index (χ3n) is 4.31. The summed E-state index contributed by atoms with van der Waals surface area (Å²) < 4.78 is 0. The number of hydrogen-bond acceptors (Lipinski definition) is 4. The fourth-order valence-corrected chi connectivity index (χ4v) is 2.86. The van der Waals surface area contributed by atoms with Crippen LogP contribution in [0.3, 0.4) is 0 Å². The van der Waals surface area contributed by atoms with Crippen molar-refractivity contribution in [3.05, 3.63) is 65.2 Å². The Morgan fingerprint density at radius 1 is 1.07 bits per heavy atom. The summed E-state index contributed by atoms with van der Waals surface area (Å²) in [6.07, 6.45) is 4.13. The standard InChI is InChI=1S/C23H24N4O/c1-18-6-3-7-21(16-18)26-23(28)11-9-20-8-10-22(17-19(20)2)27(14-4-12-24)15-5-13-25/h3,6-11,16-17H,4-5,14-15H2,1-2H3,(H,26,28)/b11-9+. The van der Waals surface area contributed by atoms with Gasteiger partial charge in [-0.05, 0) is 60.9 Å². The van der Waals surface area contributed by atoms with Gasteiger partial charge in [0.05, 0.1) is 25.0 Å². The number of nitrogens with zero attached hydrogens (tertiary/aromatic N) is 3. The molecule has 0 radical (unpaired) electrons. The zero-order chi connectivity index (χ0) is 20.4. The van der Waals surface area contributed by atoms with Gasteiger partial charge in [0.2, 0.25) is 5.91 Å². The summed E-state index contributed by atoms with van der Waals surface area (Å²) in [7, 11) is 0. The zero-order valence-electron chi connectivity index (χ0n) is 16.3. The molecule has 0 saturated heterocycles. The molecule has 0 aliphatic heterocycles. The van der Waals surface area contributed by atoms with E-state index in [0.29, 0.717) is 25.9 Å². The summed E-state index contributed by atoms with van der Waals surface area (Å²) in [5, 5.41) is 20.5. The summed E-state index contributed by atoms with van der Waals surface area (Å²) in [6.45, 7) is 5.14. The van der Waals surface area contributed by atoms with Crippen LogP contribution >= 0.6 is 0 Å². The molecule has 5 nitrogen and oxygen atoms in total. The third-order valence-corrected chi connectivity index (χ3v) is 4.31. The van der Waals surface area contributed by atoms with Gasteiger partial charge < -0.3 is 10.2 Å². The van der Waals surface area contributed by atoms with Gasteiger partial charge >= 0.3 is 0 Å². The van der Waals surface area contributed by atoms with Gasteiger partial charge in [0, 0.05) is 30.5 Å². The number of carbonyl (C=O) groups excluding carboxylic acids is 1. The maximum Gasteiger partial charge on any atom is 0.248 e. The van der Waals surface area contributed by atoms with Crippen LogP contribution in [0.1, 0.15) is 29.5 Å². The first-order valence-electron chi connectivity index (χ1n) is 9.18. The van der Waals surface area contributed by atoms with Crippen LogP contribution in [-0.2, 0) is 4.79 Å². The van der Waals surface area contributed by atoms with Crippen molar-refractivity contribution in [1.82, 2.24) is 0 Å². The predicted molar refractivity (Wildman–Crippen MR) is 113 cm³/mol. The zero-order valence-corrected chi connectivity index (χ0v) is 16.3. The van der Waals surface area contributed by atoms with E-state index in [1.165, 1.54) is 6.08 Å². The molecule has 0 aliphatic rings. The SMILES string of the molecule is Cc1cccc(NC(=O)/C=C/c2ccc(N(CCC#N)CCC#N)cc2C)c1. The first kappa shape index (κ1) is 20.7. The van der Waals surface area contributed by atoms with Crippen LogP contribution in [0.4, 0.5) is 11.4 Å². The highest BCUT2D eigenvalue weighted by Crippen LogP contribution is 2.21. The first-order valence-corrected chi connectivity index (χ1v) is 9.18. The van der Waals surface area contributed by atoms with E-state index in [-0.39, 0.29) is 5.91 Å². The molecule has 1 N–H and O–H groups in total. The van der Waals surface area contributed by atoms with E-state index in [4.69, 9.17) is 10.5 Å². The summed E-state index contributed by atoms with van der Waals surface area (Å²) in [5.41, 5.74) is 4.81. The molecular weight excluding hydrogens is 348 g/mol. The normalized spacial score (nSPS) is 10.3. The largest absolute Gasteiger partial charge is 0.369 e. The van der Waals surface area contributed by atoms with Crippen LogP contribution in [0.5, 0.6) is 0 Å². The molecule has 5 heteroatoms. The van der Waals surface area contributed by atoms with Crippen LogP contribution < -0.4 is 10.2 Å². The second-order valence-corrected chi connectivity index (χ2v) is 6.54. The van der Waals surface area contributed by atoms with Crippen molar-refractivity contribution in [2.45, 2.75) is 26.7 Å². The molecule has 0 aromatic heterocycles. The minimum atomic E-state index is -0.182. The van der Waals surface area contributed by atoms with Crippen LogP contribution in [0.25, 0.3) is 6.08 Å². The van der Waals surface area contributed by atoms with Crippen LogP contribution in [0.2, 0.25) is 0 Å². The van der Waals surface area contributed by atoms with Crippen molar-refractivity contribution in [2.75, 3.05) is 23.3 Å². The maximum atomic E-state index is 12.2. The topological polar surface area (TPSA) is 79.9 Å². The molecule has 0 heterocycles. The van der Waals surface area contributed by atoms with Crippen molar-refractivity contribution < 1.29 is 4.79 Å². The minimum absolute atomic E-state index is 0.182. The van der Waals surface area contributed by atoms with Crippen molar-refractivity contribution in [3.8, 4) is 12.1 Å². The van der Waals surface area contributed by atoms with Crippen LogP contribution in [0, 0.1) is 36.5 Å². The lowest BCUT2D eigenvalue weighted by atomic mass is 10.1. The first-order chi connectivity index (χ1) is 13.5. The van der Waals surface area contributed by atoms with E-state index in [0.717, 1.165) is 28.1 Å². The number of hydrogen-bond donors (Lipinski definition) is 1. The summed E-state index contributed by atoms with van der Waals surface area (Å²) in [4.78, 5) is 14.2. The van der Waals surface area contributed by atoms with Crippen LogP contribution in [-0.4, -0.2) is 19.0 Å². The van der Waals surface area contributed by atoms with Gasteiger partial charge in [-0.1, -0.05) is 18.2 Å². The van der Waals surface area contributed by atoms with Gasteiger partial charge in [0.25, 0.3) is 0 Å². The molecule has 142 valence electrons. The lowest BCUT2D eigenvalue weighted by molar-refractivity contribution is -0.111. The van der Waals surface area contributed by atoms with Gasteiger partial charge in [0.1, 0.15) is 0 Å². The summed E-state index contributed by atoms with van der Waals surface area (Å²) in [5.74, 6) is -0.182. The monoisotopic (exact) mass is 372 g/mol. The number of benzene rings is 2. The average molecular weight is 372 g/mol. The molecule has 0 atom stereocenters. The highest BCUT2D eigenvalue weighted by molar-refractivity contribution is 6.02. The van der Waals surface area contributed by atoms with E-state index in [1.807, 2.05) is 61.2 Å². The summed E-state index contributed by atoms with van der Waals surface area (Å²) in [6, 6.07) is 17.9. The number of amides is 1. The van der Waals surface area contributed by atoms with Crippen molar-refractivity contribution in [2.24, 2.45) is 0 Å². The molecule has 0 spiro atoms. The average Bonchev–Trinajstić information content (AvgIpc) is 2.67. The number of nitrogens with one attached hydrogen (secondary N) is 1. The number of nitriles is 2. The Labute approximate surface area is 166 Å². The van der Waals surface area contributed by atoms with Gasteiger partial charge in [0.15, 0.2) is 0 Å². The Morgan fingerprint density at radius 3 is 2.39 bits per heavy atom. The van der Waals surface area contributed by atoms with Gasteiger partial charge in [-0.3, -0.25) is 4.79 Å². The highest BCUT2D eigenvalue weighted by Gasteiger charge is 2.08. The van der Waals surface area contributed by atoms with E-state index >= 15 is 0 Å². The predicted octanol–water partition coefficient (Wildman–Crippen LogP) is 4.59. The van der Waals surface area contributed by atoms with Gasteiger partial charge in [-0.15, -0.1) is 0 Å². The highest BCUT2D eigenvalue weighted by atomic mass is 16.1. The fourth-order valence-electron chi connectivity index (χ4n) is 2.86. The molecule has 2 aromatic rings. The van der Waals surface area contributed by atoms with Crippen molar-refractivity contribution >= 4 is 23.4 Å². The molecule has 0 saturated carbocycles. The molecule has 0 aliphatic carbocycles. The molecule has 2 aromatic carbocycles. The Bertz CT molecular complexity index is 916. The summed E-state index contributed by atoms with van der Waals surface area (Å²) >= 11 is 0. The molecule has 1 amide bonds. The second-order valence-electron chi connectivity index (χ2n) is 6.54. The third kappa shape index (κ3) is 6.30. The molecule has 0 unspecified atom stereocenters. The van der Waals surface area contributed by atoms with E-state index in [2.05, 4.69) is 17.5 Å². The molecule has 2 rings (SSSR count). The van der Waals surface area contributed by atoms with E-state index in [1.54, 1.807) is 6.08 Å². The minimum Gasteiger partial charge on any atom is -0.369 e. The second kappa shape index (κ2) is 10.5. The molecular formula is C23H24N4O. The maximum absolute atomic E-state index is 12.2. The fraction of sp³-hybridized carbons (Fsp3) is 0.261. The van der Waals surface area contributed by atoms with Crippen LogP contribution in [0.15, 0.2) is 48.5 Å². The van der Waals surface area contributed by atoms with Gasteiger partial charge in [-0.2, -0.15) is 10.5 Å². The quantitative estimate of drug-likeness (QED) is 0.687. The van der Waals surface area contributed by atoms with Gasteiger partial charge in [-0.25, -0.2) is 0 Å².